The van der Waals surface area contributed by atoms with Crippen molar-refractivity contribution in [2.75, 3.05) is 20.2 Å². The van der Waals surface area contributed by atoms with Crippen LogP contribution in [0.1, 0.15) is 29.3 Å². The van der Waals surface area contributed by atoms with E-state index in [1.54, 1.807) is 6.92 Å². The van der Waals surface area contributed by atoms with E-state index in [2.05, 4.69) is 4.74 Å². The molecule has 1 unspecified atom stereocenters. The zero-order valence-electron chi connectivity index (χ0n) is 13.2. The molecule has 8 heteroatoms. The topological polar surface area (TPSA) is 101 Å². The number of carbonyl (C=O) groups is 2. The molecule has 126 valence electrons. The third-order valence-electron chi connectivity index (χ3n) is 4.18. The lowest BCUT2D eigenvalue weighted by Gasteiger charge is -2.21. The van der Waals surface area contributed by atoms with Crippen LogP contribution < -0.4 is 0 Å². The molecule has 1 aromatic carbocycles. The Morgan fingerprint density at radius 1 is 1.35 bits per heavy atom. The SMILES string of the molecule is COC(=O)c1ccc(C)c(S(=O)(=O)N2CCC(C)(C(=O)O)C2)c1. The molecule has 0 bridgehead atoms. The molecule has 2 rings (SSSR count). The number of rotatable bonds is 4. The van der Waals surface area contributed by atoms with Crippen LogP contribution in [0.5, 0.6) is 0 Å². The van der Waals surface area contributed by atoms with Gasteiger partial charge in [-0.2, -0.15) is 4.31 Å². The average molecular weight is 341 g/mol. The van der Waals surface area contributed by atoms with Gasteiger partial charge >= 0.3 is 11.9 Å². The lowest BCUT2D eigenvalue weighted by Crippen LogP contribution is -2.35. The molecule has 1 atom stereocenters. The lowest BCUT2D eigenvalue weighted by atomic mass is 9.90. The number of benzene rings is 1. The molecule has 0 radical (unpaired) electrons. The van der Waals surface area contributed by atoms with Gasteiger partial charge in [0.15, 0.2) is 0 Å². The molecule has 0 spiro atoms. The normalized spacial score (nSPS) is 22.0. The largest absolute Gasteiger partial charge is 0.481 e. The maximum Gasteiger partial charge on any atom is 0.337 e. The Morgan fingerprint density at radius 3 is 2.52 bits per heavy atom. The summed E-state index contributed by atoms with van der Waals surface area (Å²) in [6.07, 6.45) is 0.247. The van der Waals surface area contributed by atoms with Crippen LogP contribution in [0.4, 0.5) is 0 Å². The predicted molar refractivity (Wildman–Crippen MR) is 81.6 cm³/mol. The molecule has 1 N–H and O–H groups in total. The van der Waals surface area contributed by atoms with Crippen molar-refractivity contribution in [1.29, 1.82) is 0 Å². The lowest BCUT2D eigenvalue weighted by molar-refractivity contribution is -0.146. The first-order valence-electron chi connectivity index (χ1n) is 7.04. The van der Waals surface area contributed by atoms with Gasteiger partial charge in [0.1, 0.15) is 0 Å². The number of methoxy groups -OCH3 is 1. The highest BCUT2D eigenvalue weighted by Gasteiger charge is 2.45. The number of esters is 1. The zero-order valence-corrected chi connectivity index (χ0v) is 14.0. The smallest absolute Gasteiger partial charge is 0.337 e. The van der Waals surface area contributed by atoms with Crippen LogP contribution in [-0.4, -0.2) is 50.0 Å². The third kappa shape index (κ3) is 3.09. The van der Waals surface area contributed by atoms with Crippen molar-refractivity contribution >= 4 is 22.0 Å². The van der Waals surface area contributed by atoms with Crippen LogP contribution in [0.2, 0.25) is 0 Å². The van der Waals surface area contributed by atoms with E-state index in [0.29, 0.717) is 5.56 Å². The van der Waals surface area contributed by atoms with E-state index < -0.39 is 27.4 Å². The Balaban J connectivity index is 2.41. The number of carboxylic acid groups (broad SMARTS) is 1. The fourth-order valence-corrected chi connectivity index (χ4v) is 4.38. The highest BCUT2D eigenvalue weighted by Crippen LogP contribution is 2.34. The second-order valence-electron chi connectivity index (χ2n) is 5.93. The van der Waals surface area contributed by atoms with Crippen molar-refractivity contribution in [1.82, 2.24) is 4.31 Å². The summed E-state index contributed by atoms with van der Waals surface area (Å²) < 4.78 is 31.4. The fourth-order valence-electron chi connectivity index (χ4n) is 2.56. The molecule has 0 amide bonds. The van der Waals surface area contributed by atoms with E-state index in [1.165, 1.54) is 32.2 Å². The quantitative estimate of drug-likeness (QED) is 0.828. The minimum absolute atomic E-state index is 0.00459. The third-order valence-corrected chi connectivity index (χ3v) is 6.17. The average Bonchev–Trinajstić information content (AvgIpc) is 2.91. The monoisotopic (exact) mass is 341 g/mol. The van der Waals surface area contributed by atoms with Crippen molar-refractivity contribution in [2.24, 2.45) is 5.41 Å². The molecule has 0 aliphatic carbocycles. The van der Waals surface area contributed by atoms with Gasteiger partial charge in [-0.05, 0) is 38.0 Å². The van der Waals surface area contributed by atoms with Gasteiger partial charge in [0.05, 0.1) is 23.0 Å². The molecule has 7 nitrogen and oxygen atoms in total. The number of carbonyl (C=O) groups excluding carboxylic acids is 1. The van der Waals surface area contributed by atoms with Gasteiger partial charge in [-0.25, -0.2) is 13.2 Å². The van der Waals surface area contributed by atoms with Crippen molar-refractivity contribution in [3.63, 3.8) is 0 Å². The van der Waals surface area contributed by atoms with Crippen molar-refractivity contribution < 1.29 is 27.9 Å². The summed E-state index contributed by atoms with van der Waals surface area (Å²) in [5, 5.41) is 9.25. The number of aliphatic carboxylic acids is 1. The van der Waals surface area contributed by atoms with Crippen LogP contribution in [0, 0.1) is 12.3 Å². The molecule has 1 heterocycles. The van der Waals surface area contributed by atoms with Crippen LogP contribution in [0.3, 0.4) is 0 Å². The van der Waals surface area contributed by atoms with Crippen LogP contribution >= 0.6 is 0 Å². The second-order valence-corrected chi connectivity index (χ2v) is 7.83. The molecule has 1 saturated heterocycles. The first-order chi connectivity index (χ1) is 10.6. The van der Waals surface area contributed by atoms with Gasteiger partial charge in [-0.1, -0.05) is 6.07 Å². The molecule has 1 fully saturated rings. The van der Waals surface area contributed by atoms with Crippen LogP contribution in [-0.2, 0) is 19.6 Å². The Hall–Kier alpha value is -1.93. The van der Waals surface area contributed by atoms with E-state index in [4.69, 9.17) is 0 Å². The standard InChI is InChI=1S/C15H19NO6S/c1-10-4-5-11(13(17)22-3)8-12(10)23(20,21)16-7-6-15(2,9-16)14(18)19/h4-5,8H,6-7,9H2,1-3H3,(H,18,19). The van der Waals surface area contributed by atoms with E-state index in [1.807, 2.05) is 0 Å². The van der Waals surface area contributed by atoms with Crippen LogP contribution in [0.15, 0.2) is 23.1 Å². The Kier molecular flexibility index (Phi) is 4.50. The number of carboxylic acids is 1. The van der Waals surface area contributed by atoms with Crippen molar-refractivity contribution in [2.45, 2.75) is 25.2 Å². The van der Waals surface area contributed by atoms with Gasteiger partial charge in [0, 0.05) is 13.1 Å². The molecule has 1 aliphatic heterocycles. The van der Waals surface area contributed by atoms with Crippen LogP contribution in [0.25, 0.3) is 0 Å². The highest BCUT2D eigenvalue weighted by molar-refractivity contribution is 7.89. The zero-order chi connectivity index (χ0) is 17.4. The number of sulfonamides is 1. The molecular weight excluding hydrogens is 322 g/mol. The van der Waals surface area contributed by atoms with Gasteiger partial charge in [-0.15, -0.1) is 0 Å². The van der Waals surface area contributed by atoms with E-state index in [9.17, 15) is 23.1 Å². The maximum absolute atomic E-state index is 12.8. The first-order valence-corrected chi connectivity index (χ1v) is 8.48. The summed E-state index contributed by atoms with van der Waals surface area (Å²) >= 11 is 0. The van der Waals surface area contributed by atoms with Gasteiger partial charge in [0.25, 0.3) is 0 Å². The summed E-state index contributed by atoms with van der Waals surface area (Å²) in [5.41, 5.74) is -0.473. The van der Waals surface area contributed by atoms with E-state index in [0.717, 1.165) is 4.31 Å². The van der Waals surface area contributed by atoms with Crippen molar-refractivity contribution in [3.05, 3.63) is 29.3 Å². The number of nitrogens with zero attached hydrogens (tertiary/aromatic N) is 1. The molecule has 0 saturated carbocycles. The Labute approximate surface area is 134 Å². The summed E-state index contributed by atoms with van der Waals surface area (Å²) in [4.78, 5) is 22.9. The Morgan fingerprint density at radius 2 is 2.00 bits per heavy atom. The van der Waals surface area contributed by atoms with E-state index >= 15 is 0 Å². The second kappa shape index (κ2) is 5.93. The molecule has 23 heavy (non-hydrogen) atoms. The Bertz CT molecular complexity index is 757. The molecule has 1 aliphatic rings. The first kappa shape index (κ1) is 17.4. The number of ether oxygens (including phenoxy) is 1. The molecule has 0 aromatic heterocycles. The minimum Gasteiger partial charge on any atom is -0.481 e. The van der Waals surface area contributed by atoms with Crippen molar-refractivity contribution in [3.8, 4) is 0 Å². The molecular formula is C15H19NO6S. The summed E-state index contributed by atoms with van der Waals surface area (Å²) in [6.45, 7) is 3.20. The van der Waals surface area contributed by atoms with Gasteiger partial charge in [-0.3, -0.25) is 4.79 Å². The highest BCUT2D eigenvalue weighted by atomic mass is 32.2. The number of hydrogen-bond acceptors (Lipinski definition) is 5. The summed E-state index contributed by atoms with van der Waals surface area (Å²) in [6, 6.07) is 4.30. The van der Waals surface area contributed by atoms with Gasteiger partial charge < -0.3 is 9.84 Å². The summed E-state index contributed by atoms with van der Waals surface area (Å²) in [7, 11) is -2.66. The minimum atomic E-state index is -3.88. The van der Waals surface area contributed by atoms with Gasteiger partial charge in [0.2, 0.25) is 10.0 Å². The maximum atomic E-state index is 12.8. The van der Waals surface area contributed by atoms with E-state index in [-0.39, 0.29) is 30.0 Å². The number of hydrogen-bond donors (Lipinski definition) is 1. The number of aryl methyl sites for hydroxylation is 1. The fraction of sp³-hybridized carbons (Fsp3) is 0.467. The summed E-state index contributed by atoms with van der Waals surface area (Å²) in [5.74, 6) is -1.64. The predicted octanol–water partition coefficient (Wildman–Crippen LogP) is 1.27. The molecule has 1 aromatic rings.